The fourth-order valence-electron chi connectivity index (χ4n) is 7.17. The van der Waals surface area contributed by atoms with Crippen LogP contribution in [0.2, 0.25) is 5.02 Å². The zero-order valence-corrected chi connectivity index (χ0v) is 25.4. The van der Waals surface area contributed by atoms with Crippen LogP contribution in [-0.2, 0) is 15.8 Å². The number of aromatic nitrogens is 2. The van der Waals surface area contributed by atoms with Crippen LogP contribution in [-0.4, -0.2) is 48.2 Å². The Hall–Kier alpha value is -4.03. The number of nitrogens with zero attached hydrogens (tertiary/aromatic N) is 5. The SMILES string of the molecule is C=CC(=O)N1c2cc(Nc3cc(N4OCCC4c4ccc(Cl)c(C(F)(F)F)c4)ncn3)c(OC)cc2N2CCC(CC2)C12CC2. The Balaban J connectivity index is 1.23. The number of carbonyl (C=O) groups is 1. The molecule has 2 aromatic carbocycles. The molecule has 13 heteroatoms. The molecule has 5 heterocycles. The van der Waals surface area contributed by atoms with Crippen LogP contribution in [0.25, 0.3) is 0 Å². The van der Waals surface area contributed by atoms with Crippen LogP contribution in [0.1, 0.15) is 49.3 Å². The van der Waals surface area contributed by atoms with Gasteiger partial charge < -0.3 is 19.9 Å². The van der Waals surface area contributed by atoms with Crippen molar-refractivity contribution in [3.8, 4) is 5.75 Å². The molecule has 2 saturated heterocycles. The lowest BCUT2D eigenvalue weighted by atomic mass is 9.83. The van der Waals surface area contributed by atoms with E-state index in [1.54, 1.807) is 19.2 Å². The molecule has 1 aliphatic carbocycles. The molecule has 1 aromatic heterocycles. The summed E-state index contributed by atoms with van der Waals surface area (Å²) in [5.41, 5.74) is 1.64. The molecule has 1 saturated carbocycles. The van der Waals surface area contributed by atoms with Gasteiger partial charge in [0.25, 0.3) is 5.91 Å². The molecule has 4 aliphatic heterocycles. The van der Waals surface area contributed by atoms with Crippen molar-refractivity contribution in [3.63, 3.8) is 0 Å². The van der Waals surface area contributed by atoms with Crippen LogP contribution in [0.5, 0.6) is 5.75 Å². The minimum absolute atomic E-state index is 0.129. The lowest BCUT2D eigenvalue weighted by Crippen LogP contribution is -2.53. The molecule has 0 radical (unpaired) electrons. The van der Waals surface area contributed by atoms with Gasteiger partial charge >= 0.3 is 6.18 Å². The second-order valence-electron chi connectivity index (χ2n) is 11.9. The smallest absolute Gasteiger partial charge is 0.417 e. The Kier molecular flexibility index (Phi) is 7.31. The zero-order chi connectivity index (χ0) is 31.5. The largest absolute Gasteiger partial charge is 0.494 e. The summed E-state index contributed by atoms with van der Waals surface area (Å²) in [6.45, 7) is 5.92. The normalized spacial score (nSPS) is 20.6. The molecule has 45 heavy (non-hydrogen) atoms. The van der Waals surface area contributed by atoms with Gasteiger partial charge in [-0.15, -0.1) is 0 Å². The van der Waals surface area contributed by atoms with Gasteiger partial charge in [0, 0.05) is 31.6 Å². The number of rotatable bonds is 6. The van der Waals surface area contributed by atoms with Gasteiger partial charge in [0.05, 0.1) is 52.9 Å². The minimum atomic E-state index is -4.59. The van der Waals surface area contributed by atoms with E-state index in [0.29, 0.717) is 47.6 Å². The number of nitrogens with one attached hydrogen (secondary N) is 1. The van der Waals surface area contributed by atoms with Crippen LogP contribution in [0, 0.1) is 5.92 Å². The van der Waals surface area contributed by atoms with E-state index in [0.717, 1.165) is 56.2 Å². The maximum absolute atomic E-state index is 13.6. The average Bonchev–Trinajstić information content (AvgIpc) is 3.68. The molecule has 3 fully saturated rings. The Morgan fingerprint density at radius 3 is 2.60 bits per heavy atom. The highest BCUT2D eigenvalue weighted by molar-refractivity contribution is 6.31. The molecule has 9 nitrogen and oxygen atoms in total. The van der Waals surface area contributed by atoms with Crippen LogP contribution < -0.4 is 24.9 Å². The average molecular weight is 641 g/mol. The third-order valence-electron chi connectivity index (χ3n) is 9.46. The van der Waals surface area contributed by atoms with Gasteiger partial charge in [-0.3, -0.25) is 9.63 Å². The molecule has 8 rings (SSSR count). The quantitative estimate of drug-likeness (QED) is 0.287. The van der Waals surface area contributed by atoms with Crippen LogP contribution in [0.15, 0.2) is 55.4 Å². The number of benzene rings is 2. The number of amides is 1. The summed E-state index contributed by atoms with van der Waals surface area (Å²) >= 11 is 5.86. The first-order valence-electron chi connectivity index (χ1n) is 14.9. The second-order valence-corrected chi connectivity index (χ2v) is 12.3. The van der Waals surface area contributed by atoms with Crippen molar-refractivity contribution in [2.75, 3.05) is 47.0 Å². The van der Waals surface area contributed by atoms with Crippen molar-refractivity contribution in [1.29, 1.82) is 0 Å². The van der Waals surface area contributed by atoms with E-state index >= 15 is 0 Å². The van der Waals surface area contributed by atoms with Gasteiger partial charge in [0.1, 0.15) is 17.9 Å². The lowest BCUT2D eigenvalue weighted by molar-refractivity contribution is -0.137. The number of hydroxylamine groups is 1. The topological polar surface area (TPSA) is 83.1 Å². The van der Waals surface area contributed by atoms with Crippen LogP contribution in [0.3, 0.4) is 0 Å². The number of hydrogen-bond acceptors (Lipinski definition) is 8. The van der Waals surface area contributed by atoms with Crippen molar-refractivity contribution in [3.05, 3.63) is 71.5 Å². The molecular formula is C32H32ClF3N6O3. The van der Waals surface area contributed by atoms with Crippen molar-refractivity contribution in [1.82, 2.24) is 9.97 Å². The van der Waals surface area contributed by atoms with E-state index in [1.807, 2.05) is 17.0 Å². The van der Waals surface area contributed by atoms with Gasteiger partial charge in [-0.05, 0) is 61.4 Å². The van der Waals surface area contributed by atoms with E-state index in [-0.39, 0.29) is 16.5 Å². The third-order valence-corrected chi connectivity index (χ3v) is 9.79. The summed E-state index contributed by atoms with van der Waals surface area (Å²) in [6, 6.07) is 8.92. The summed E-state index contributed by atoms with van der Waals surface area (Å²) in [5, 5.41) is 4.47. The van der Waals surface area contributed by atoms with Gasteiger partial charge in [-0.2, -0.15) is 13.2 Å². The molecular weight excluding hydrogens is 609 g/mol. The fourth-order valence-corrected chi connectivity index (χ4v) is 7.39. The van der Waals surface area contributed by atoms with Crippen molar-refractivity contribution in [2.45, 2.75) is 49.9 Å². The number of piperidine rings is 1. The number of hydrogen-bond donors (Lipinski definition) is 1. The molecule has 236 valence electrons. The molecule has 3 aromatic rings. The number of halogens is 4. The molecule has 5 aliphatic rings. The fraction of sp³-hybridized carbons (Fsp3) is 0.406. The number of fused-ring (bicyclic) bond motifs is 2. The van der Waals surface area contributed by atoms with E-state index in [4.69, 9.17) is 21.2 Å². The number of carbonyl (C=O) groups excluding carboxylic acids is 1. The van der Waals surface area contributed by atoms with Crippen molar-refractivity contribution >= 4 is 46.2 Å². The molecule has 1 spiro atoms. The predicted octanol–water partition coefficient (Wildman–Crippen LogP) is 7.07. The minimum Gasteiger partial charge on any atom is -0.494 e. The highest BCUT2D eigenvalue weighted by Gasteiger charge is 2.57. The first-order valence-corrected chi connectivity index (χ1v) is 15.3. The van der Waals surface area contributed by atoms with Gasteiger partial charge in [-0.25, -0.2) is 15.0 Å². The molecule has 1 amide bonds. The lowest BCUT2D eigenvalue weighted by Gasteiger charge is -2.47. The first-order chi connectivity index (χ1) is 21.6. The number of methoxy groups -OCH3 is 1. The molecule has 2 bridgehead atoms. The number of ether oxygens (including phenoxy) is 1. The van der Waals surface area contributed by atoms with Gasteiger partial charge in [0.15, 0.2) is 5.82 Å². The highest BCUT2D eigenvalue weighted by atomic mass is 35.5. The summed E-state index contributed by atoms with van der Waals surface area (Å²) in [7, 11) is 1.59. The van der Waals surface area contributed by atoms with E-state index in [1.165, 1.54) is 23.5 Å². The molecule has 1 atom stereocenters. The van der Waals surface area contributed by atoms with Crippen LogP contribution in [0.4, 0.5) is 41.9 Å². The summed E-state index contributed by atoms with van der Waals surface area (Å²) in [6.07, 6.45) is 2.57. The maximum Gasteiger partial charge on any atom is 0.417 e. The number of alkyl halides is 3. The van der Waals surface area contributed by atoms with Crippen LogP contribution >= 0.6 is 11.6 Å². The standard InChI is InChI=1S/C32H32ClF3N6O3/c1-3-30(43)41-26-15-23(27(44-2)16-25(26)40-11-6-20(7-12-40)31(41)9-10-31)39-28-17-29(38-18-37-28)42-24(8-13-45-42)19-4-5-22(33)21(14-19)32(34,35)36/h3-5,14-18,20,24H,1,6-13H2,2H3,(H,37,38,39). The Labute approximate surface area is 263 Å². The Bertz CT molecular complexity index is 1660. The third kappa shape index (κ3) is 5.13. The highest BCUT2D eigenvalue weighted by Crippen LogP contribution is 2.57. The Morgan fingerprint density at radius 2 is 1.91 bits per heavy atom. The molecule has 1 unspecified atom stereocenters. The summed E-state index contributed by atoms with van der Waals surface area (Å²) in [4.78, 5) is 32.3. The number of anilines is 5. The summed E-state index contributed by atoms with van der Waals surface area (Å²) < 4.78 is 46.6. The Morgan fingerprint density at radius 1 is 1.13 bits per heavy atom. The second kappa shape index (κ2) is 11.1. The summed E-state index contributed by atoms with van der Waals surface area (Å²) in [5.74, 6) is 1.65. The maximum atomic E-state index is 13.6. The van der Waals surface area contributed by atoms with Crippen molar-refractivity contribution in [2.24, 2.45) is 5.92 Å². The van der Waals surface area contributed by atoms with E-state index < -0.39 is 17.8 Å². The van der Waals surface area contributed by atoms with E-state index in [2.05, 4.69) is 26.8 Å². The van der Waals surface area contributed by atoms with Crippen molar-refractivity contribution < 1.29 is 27.5 Å². The van der Waals surface area contributed by atoms with E-state index in [9.17, 15) is 18.0 Å². The first kappa shape index (κ1) is 29.7. The zero-order valence-electron chi connectivity index (χ0n) is 24.6. The predicted molar refractivity (Wildman–Crippen MR) is 165 cm³/mol. The monoisotopic (exact) mass is 640 g/mol. The molecule has 1 N–H and O–H groups in total. The van der Waals surface area contributed by atoms with Gasteiger partial charge in [-0.1, -0.05) is 24.2 Å². The van der Waals surface area contributed by atoms with Gasteiger partial charge in [0.2, 0.25) is 0 Å².